The summed E-state index contributed by atoms with van der Waals surface area (Å²) in [6.07, 6.45) is 5.41. The van der Waals surface area contributed by atoms with Gasteiger partial charge in [-0.1, -0.05) is 74.0 Å². The van der Waals surface area contributed by atoms with E-state index in [0.29, 0.717) is 17.0 Å². The number of thiophene rings is 1. The lowest BCUT2D eigenvalue weighted by Gasteiger charge is -2.11. The van der Waals surface area contributed by atoms with Gasteiger partial charge in [0.2, 0.25) is 6.23 Å². The maximum Gasteiger partial charge on any atom is 0.339 e. The molecule has 1 aromatic heterocycles. The fraction of sp³-hybridized carbons (Fsp3) is 0.333. The molecule has 196 valence electrons. The van der Waals surface area contributed by atoms with E-state index in [9.17, 15) is 19.1 Å². The van der Waals surface area contributed by atoms with Crippen LogP contribution in [0.2, 0.25) is 0 Å². The molecule has 9 heteroatoms. The van der Waals surface area contributed by atoms with E-state index >= 15 is 0 Å². The average Bonchev–Trinajstić information content (AvgIpc) is 3.53. The molecule has 0 spiro atoms. The monoisotopic (exact) mass is 580 g/mol. The Balaban J connectivity index is 0.000000725. The standard InChI is InChI=1S/C19H14BrFN2O4S.C4H8.2C2H6/c20-10-6-4-9(5-7-10)16-14(19(25)26)13(8-28-16)22-17(24)18-23-12-3-1-2-11(21)15(12)27-18;1-3-4-2;2*1-2/h3-8,18,23H,1-2H2,(H,22,24)(H,25,26);3-4H,1-2H3;2*1-2H3/b;4-3-;;. The minimum Gasteiger partial charge on any atom is -0.478 e. The number of carboxylic acid groups (broad SMARTS) is 1. The second-order valence-electron chi connectivity index (χ2n) is 6.85. The smallest absolute Gasteiger partial charge is 0.339 e. The third-order valence-corrected chi connectivity index (χ3v) is 6.22. The number of amides is 1. The number of benzene rings is 1. The van der Waals surface area contributed by atoms with Crippen molar-refractivity contribution in [2.45, 2.75) is 60.6 Å². The first-order valence-electron chi connectivity index (χ1n) is 11.9. The van der Waals surface area contributed by atoms with Crippen LogP contribution in [0.1, 0.15) is 64.7 Å². The van der Waals surface area contributed by atoms with Crippen molar-refractivity contribution in [1.29, 1.82) is 0 Å². The largest absolute Gasteiger partial charge is 0.478 e. The minimum atomic E-state index is -1.15. The van der Waals surface area contributed by atoms with E-state index in [0.717, 1.165) is 10.0 Å². The lowest BCUT2D eigenvalue weighted by atomic mass is 10.1. The topological polar surface area (TPSA) is 87.7 Å². The van der Waals surface area contributed by atoms with Crippen molar-refractivity contribution in [1.82, 2.24) is 5.32 Å². The molecule has 0 bridgehead atoms. The molecule has 1 aromatic carbocycles. The van der Waals surface area contributed by atoms with Gasteiger partial charge >= 0.3 is 5.97 Å². The van der Waals surface area contributed by atoms with Crippen molar-refractivity contribution in [3.8, 4) is 10.4 Å². The lowest BCUT2D eigenvalue weighted by Crippen LogP contribution is -2.36. The van der Waals surface area contributed by atoms with Gasteiger partial charge < -0.3 is 20.5 Å². The van der Waals surface area contributed by atoms with Gasteiger partial charge in [0.25, 0.3) is 5.91 Å². The number of nitrogens with one attached hydrogen (secondary N) is 2. The molecule has 1 aliphatic heterocycles. The summed E-state index contributed by atoms with van der Waals surface area (Å²) in [5.41, 5.74) is 1.35. The third kappa shape index (κ3) is 8.06. The van der Waals surface area contributed by atoms with Crippen LogP contribution >= 0.6 is 27.3 Å². The molecule has 3 N–H and O–H groups in total. The van der Waals surface area contributed by atoms with Crippen LogP contribution in [0, 0.1) is 0 Å². The van der Waals surface area contributed by atoms with Crippen molar-refractivity contribution >= 4 is 44.8 Å². The zero-order valence-electron chi connectivity index (χ0n) is 21.4. The predicted molar refractivity (Wildman–Crippen MR) is 150 cm³/mol. The van der Waals surface area contributed by atoms with E-state index < -0.39 is 23.9 Å². The maximum atomic E-state index is 13.9. The molecule has 1 saturated heterocycles. The predicted octanol–water partition coefficient (Wildman–Crippen LogP) is 8.25. The number of carboxylic acids is 1. The van der Waals surface area contributed by atoms with Crippen LogP contribution < -0.4 is 10.6 Å². The van der Waals surface area contributed by atoms with E-state index in [4.69, 9.17) is 4.74 Å². The van der Waals surface area contributed by atoms with Crippen molar-refractivity contribution in [2.24, 2.45) is 0 Å². The van der Waals surface area contributed by atoms with Crippen LogP contribution in [0.25, 0.3) is 10.4 Å². The first-order chi connectivity index (χ1) is 17.3. The lowest BCUT2D eigenvalue weighted by molar-refractivity contribution is -0.124. The van der Waals surface area contributed by atoms with Gasteiger partial charge in [0.05, 0.1) is 16.3 Å². The van der Waals surface area contributed by atoms with Crippen LogP contribution in [0.15, 0.2) is 69.6 Å². The minimum absolute atomic E-state index is 0.000646. The molecule has 6 nitrogen and oxygen atoms in total. The van der Waals surface area contributed by atoms with Crippen LogP contribution in [-0.2, 0) is 9.53 Å². The summed E-state index contributed by atoms with van der Waals surface area (Å²) in [4.78, 5) is 24.9. The number of hydrogen-bond acceptors (Lipinski definition) is 5. The first-order valence-corrected chi connectivity index (χ1v) is 13.5. The summed E-state index contributed by atoms with van der Waals surface area (Å²) < 4.78 is 20.1. The molecule has 1 unspecified atom stereocenters. The molecule has 1 fully saturated rings. The van der Waals surface area contributed by atoms with Gasteiger partial charge in [-0.2, -0.15) is 0 Å². The first kappa shape index (κ1) is 31.1. The normalized spacial score (nSPS) is 15.4. The molecule has 2 aromatic rings. The van der Waals surface area contributed by atoms with Crippen molar-refractivity contribution in [2.75, 3.05) is 5.32 Å². The molecule has 1 atom stereocenters. The van der Waals surface area contributed by atoms with E-state index in [2.05, 4.69) is 26.6 Å². The molecule has 2 heterocycles. The molecule has 0 saturated carbocycles. The second-order valence-corrected chi connectivity index (χ2v) is 8.65. The number of aromatic carboxylic acids is 1. The average molecular weight is 582 g/mol. The number of allylic oxidation sites excluding steroid dienone is 4. The summed E-state index contributed by atoms with van der Waals surface area (Å²) in [5, 5.41) is 16.6. The number of anilines is 1. The molecule has 36 heavy (non-hydrogen) atoms. The van der Waals surface area contributed by atoms with Crippen molar-refractivity contribution in [3.63, 3.8) is 0 Å². The molecule has 4 rings (SSSR count). The molecule has 2 aliphatic rings. The Labute approximate surface area is 225 Å². The summed E-state index contributed by atoms with van der Waals surface area (Å²) in [7, 11) is 0. The van der Waals surface area contributed by atoms with Gasteiger partial charge in [-0.3, -0.25) is 4.79 Å². The molecular weight excluding hydrogens is 547 g/mol. The number of hydrogen-bond donors (Lipinski definition) is 3. The van der Waals surface area contributed by atoms with Gasteiger partial charge in [-0.25, -0.2) is 9.18 Å². The fourth-order valence-corrected chi connectivity index (χ4v) is 4.29. The Morgan fingerprint density at radius 2 is 1.78 bits per heavy atom. The highest BCUT2D eigenvalue weighted by atomic mass is 79.9. The van der Waals surface area contributed by atoms with Crippen molar-refractivity contribution < 1.29 is 23.8 Å². The third-order valence-electron chi connectivity index (χ3n) is 4.67. The van der Waals surface area contributed by atoms with Crippen LogP contribution in [0.3, 0.4) is 0 Å². The maximum absolute atomic E-state index is 13.9. The highest BCUT2D eigenvalue weighted by molar-refractivity contribution is 9.10. The van der Waals surface area contributed by atoms with Crippen LogP contribution in [0.5, 0.6) is 0 Å². The van der Waals surface area contributed by atoms with Gasteiger partial charge in [-0.05, 0) is 38.0 Å². The van der Waals surface area contributed by atoms with Gasteiger partial charge in [0.1, 0.15) is 11.4 Å². The Morgan fingerprint density at radius 3 is 2.31 bits per heavy atom. The van der Waals surface area contributed by atoms with Crippen LogP contribution in [0.4, 0.5) is 10.1 Å². The molecule has 1 aliphatic carbocycles. The zero-order chi connectivity index (χ0) is 27.3. The van der Waals surface area contributed by atoms with E-state index in [-0.39, 0.29) is 23.4 Å². The molecular formula is C27H34BrFN2O4S. The number of halogens is 2. The summed E-state index contributed by atoms with van der Waals surface area (Å²) >= 11 is 4.56. The summed E-state index contributed by atoms with van der Waals surface area (Å²) in [6.45, 7) is 12.0. The molecule has 0 radical (unpaired) electrons. The summed E-state index contributed by atoms with van der Waals surface area (Å²) in [6, 6.07) is 7.21. The zero-order valence-corrected chi connectivity index (χ0v) is 23.8. The van der Waals surface area contributed by atoms with Gasteiger partial charge in [-0.15, -0.1) is 11.3 Å². The van der Waals surface area contributed by atoms with E-state index in [1.807, 2.05) is 65.8 Å². The summed E-state index contributed by atoms with van der Waals surface area (Å²) in [5.74, 6) is -2.11. The fourth-order valence-electron chi connectivity index (χ4n) is 3.03. The van der Waals surface area contributed by atoms with Gasteiger partial charge in [0.15, 0.2) is 5.76 Å². The number of carbonyl (C=O) groups is 2. The highest BCUT2D eigenvalue weighted by Crippen LogP contribution is 2.37. The molecule has 1 amide bonds. The Morgan fingerprint density at radius 1 is 1.17 bits per heavy atom. The van der Waals surface area contributed by atoms with Gasteiger partial charge in [0, 0.05) is 16.3 Å². The Kier molecular flexibility index (Phi) is 13.8. The number of rotatable bonds is 4. The number of carbonyl (C=O) groups excluding carboxylic acids is 1. The number of ether oxygens (including phenoxy) is 1. The second kappa shape index (κ2) is 16.0. The van der Waals surface area contributed by atoms with E-state index in [1.54, 1.807) is 23.6 Å². The van der Waals surface area contributed by atoms with E-state index in [1.165, 1.54) is 11.3 Å². The SMILES string of the molecule is C/C=C\C.CC.CC.O=C(O)c1c(NC(=O)C2NC3=CCCC(F)=C3O2)csc1-c1ccc(Br)cc1. The quantitative estimate of drug-likeness (QED) is 0.317. The van der Waals surface area contributed by atoms with Crippen molar-refractivity contribution in [3.05, 3.63) is 75.2 Å². The highest BCUT2D eigenvalue weighted by Gasteiger charge is 2.35. The Bertz CT molecular complexity index is 1100. The van der Waals surface area contributed by atoms with Crippen LogP contribution in [-0.4, -0.2) is 23.2 Å². The number of fused-ring (bicyclic) bond motifs is 1. The Hall–Kier alpha value is -2.91.